The maximum atomic E-state index is 12.4. The van der Waals surface area contributed by atoms with Gasteiger partial charge in [0, 0.05) is 44.5 Å². The molecule has 162 valence electrons. The number of amides is 2. The minimum Gasteiger partial charge on any atom is -0.465 e. The first-order chi connectivity index (χ1) is 13.6. The van der Waals surface area contributed by atoms with E-state index in [4.69, 9.17) is 9.47 Å². The molecule has 1 aromatic carbocycles. The van der Waals surface area contributed by atoms with E-state index < -0.39 is 17.8 Å². The molecule has 0 radical (unpaired) electrons. The van der Waals surface area contributed by atoms with Crippen molar-refractivity contribution >= 4 is 23.7 Å². The van der Waals surface area contributed by atoms with Gasteiger partial charge in [0.15, 0.2) is 5.78 Å². The van der Waals surface area contributed by atoms with Crippen molar-refractivity contribution in [2.24, 2.45) is 0 Å². The maximum absolute atomic E-state index is 12.4. The quantitative estimate of drug-likeness (QED) is 0.422. The highest BCUT2D eigenvalue weighted by Gasteiger charge is 2.18. The Balaban J connectivity index is 2.63. The molecule has 0 bridgehead atoms. The molecule has 8 heteroatoms. The molecular formula is C21H32N2O6. The summed E-state index contributed by atoms with van der Waals surface area (Å²) >= 11 is 0. The highest BCUT2D eigenvalue weighted by molar-refractivity contribution is 5.98. The van der Waals surface area contributed by atoms with Gasteiger partial charge in [0.25, 0.3) is 0 Å². The zero-order chi connectivity index (χ0) is 21.9. The molecule has 8 nitrogen and oxygen atoms in total. The van der Waals surface area contributed by atoms with Gasteiger partial charge >= 0.3 is 12.2 Å². The normalized spacial score (nSPS) is 11.0. The lowest BCUT2D eigenvalue weighted by molar-refractivity contribution is 0.0527. The second-order valence-electron chi connectivity index (χ2n) is 7.64. The number of benzene rings is 1. The van der Waals surface area contributed by atoms with Gasteiger partial charge in [-0.25, -0.2) is 9.59 Å². The lowest BCUT2D eigenvalue weighted by atomic mass is 10.1. The molecule has 0 aliphatic carbocycles. The Bertz CT molecular complexity index is 684. The Kier molecular flexibility index (Phi) is 10.2. The molecule has 2 N–H and O–H groups in total. The fourth-order valence-corrected chi connectivity index (χ4v) is 2.61. The predicted octanol–water partition coefficient (Wildman–Crippen LogP) is 4.09. The van der Waals surface area contributed by atoms with Crippen molar-refractivity contribution in [3.63, 3.8) is 0 Å². The number of ether oxygens (including phenoxy) is 2. The van der Waals surface area contributed by atoms with Crippen molar-refractivity contribution in [2.75, 3.05) is 31.7 Å². The van der Waals surface area contributed by atoms with Crippen LogP contribution in [0.25, 0.3) is 0 Å². The molecule has 0 aromatic heterocycles. The highest BCUT2D eigenvalue weighted by Crippen LogP contribution is 2.19. The number of unbranched alkanes of at least 4 members (excludes halogenated alkanes) is 2. The zero-order valence-corrected chi connectivity index (χ0v) is 17.7. The molecule has 0 saturated heterocycles. The third kappa shape index (κ3) is 9.94. The minimum atomic E-state index is -1.06. The number of hydrogen-bond donors (Lipinski definition) is 2. The SMILES string of the molecule is COCCCCCN(C(=O)O)c1cccc(C(=O)CCNC(=O)OC(C)(C)C)c1. The van der Waals surface area contributed by atoms with Crippen molar-refractivity contribution in [2.45, 2.75) is 52.1 Å². The lowest BCUT2D eigenvalue weighted by Gasteiger charge is -2.20. The first-order valence-corrected chi connectivity index (χ1v) is 9.73. The summed E-state index contributed by atoms with van der Waals surface area (Å²) in [4.78, 5) is 36.9. The summed E-state index contributed by atoms with van der Waals surface area (Å²) in [6.07, 6.45) is 0.873. The molecule has 0 spiro atoms. The van der Waals surface area contributed by atoms with E-state index in [-0.39, 0.29) is 18.7 Å². The van der Waals surface area contributed by atoms with Gasteiger partial charge in [-0.2, -0.15) is 0 Å². The average molecular weight is 408 g/mol. The van der Waals surface area contributed by atoms with Crippen molar-refractivity contribution in [3.05, 3.63) is 29.8 Å². The number of carbonyl (C=O) groups is 3. The number of nitrogens with one attached hydrogen (secondary N) is 1. The van der Waals surface area contributed by atoms with Gasteiger partial charge in [-0.05, 0) is 52.2 Å². The zero-order valence-electron chi connectivity index (χ0n) is 17.7. The summed E-state index contributed by atoms with van der Waals surface area (Å²) in [6.45, 7) is 6.41. The fourth-order valence-electron chi connectivity index (χ4n) is 2.61. The van der Waals surface area contributed by atoms with E-state index in [2.05, 4.69) is 5.32 Å². The first-order valence-electron chi connectivity index (χ1n) is 9.73. The number of methoxy groups -OCH3 is 1. The summed E-state index contributed by atoms with van der Waals surface area (Å²) in [5.74, 6) is -0.187. The monoisotopic (exact) mass is 408 g/mol. The van der Waals surface area contributed by atoms with Gasteiger partial charge < -0.3 is 19.9 Å². The van der Waals surface area contributed by atoms with Gasteiger partial charge in [-0.3, -0.25) is 9.69 Å². The summed E-state index contributed by atoms with van der Waals surface area (Å²) in [5.41, 5.74) is 0.251. The lowest BCUT2D eigenvalue weighted by Crippen LogP contribution is -2.33. The van der Waals surface area contributed by atoms with Crippen LogP contribution < -0.4 is 10.2 Å². The summed E-state index contributed by atoms with van der Waals surface area (Å²) in [6, 6.07) is 6.53. The maximum Gasteiger partial charge on any atom is 0.411 e. The van der Waals surface area contributed by atoms with E-state index in [0.29, 0.717) is 30.8 Å². The van der Waals surface area contributed by atoms with Crippen molar-refractivity contribution in [1.29, 1.82) is 0 Å². The van der Waals surface area contributed by atoms with Crippen LogP contribution >= 0.6 is 0 Å². The Morgan fingerprint density at radius 3 is 2.48 bits per heavy atom. The van der Waals surface area contributed by atoms with Crippen LogP contribution in [0.15, 0.2) is 24.3 Å². The highest BCUT2D eigenvalue weighted by atomic mass is 16.6. The van der Waals surface area contributed by atoms with Gasteiger partial charge in [-0.15, -0.1) is 0 Å². The molecule has 0 saturated carbocycles. The molecule has 2 amide bonds. The Hall–Kier alpha value is -2.61. The van der Waals surface area contributed by atoms with E-state index >= 15 is 0 Å². The van der Waals surface area contributed by atoms with Gasteiger partial charge in [-0.1, -0.05) is 12.1 Å². The van der Waals surface area contributed by atoms with Crippen LogP contribution in [0.2, 0.25) is 0 Å². The minimum absolute atomic E-state index is 0.0901. The number of Topliss-reactive ketones (excluding diaryl/α,β-unsaturated/α-hetero) is 1. The Morgan fingerprint density at radius 1 is 1.14 bits per heavy atom. The second-order valence-corrected chi connectivity index (χ2v) is 7.64. The standard InChI is InChI=1S/C21H32N2O6/c1-21(2,3)29-19(25)22-12-11-18(24)16-9-8-10-17(15-16)23(20(26)27)13-6-5-7-14-28-4/h8-10,15H,5-7,11-14H2,1-4H3,(H,22,25)(H,26,27). The van der Waals surface area contributed by atoms with Crippen LogP contribution in [-0.2, 0) is 9.47 Å². The molecule has 0 aliphatic rings. The number of carboxylic acid groups (broad SMARTS) is 1. The summed E-state index contributed by atoms with van der Waals surface area (Å²) in [7, 11) is 1.63. The van der Waals surface area contributed by atoms with Crippen LogP contribution in [0, 0.1) is 0 Å². The third-order valence-corrected chi connectivity index (χ3v) is 3.96. The molecule has 0 aliphatic heterocycles. The second kappa shape index (κ2) is 12.1. The van der Waals surface area contributed by atoms with E-state index in [1.807, 2.05) is 0 Å². The number of nitrogens with zero attached hydrogens (tertiary/aromatic N) is 1. The summed E-state index contributed by atoms with van der Waals surface area (Å²) < 4.78 is 10.1. The smallest absolute Gasteiger partial charge is 0.411 e. The third-order valence-electron chi connectivity index (χ3n) is 3.96. The van der Waals surface area contributed by atoms with Crippen molar-refractivity contribution in [1.82, 2.24) is 5.32 Å². The Morgan fingerprint density at radius 2 is 1.86 bits per heavy atom. The molecule has 1 rings (SSSR count). The van der Waals surface area contributed by atoms with Crippen LogP contribution in [0.3, 0.4) is 0 Å². The average Bonchev–Trinajstić information content (AvgIpc) is 2.63. The first kappa shape index (κ1) is 24.4. The van der Waals surface area contributed by atoms with Crippen molar-refractivity contribution < 1.29 is 29.0 Å². The fraction of sp³-hybridized carbons (Fsp3) is 0.571. The van der Waals surface area contributed by atoms with E-state index in [0.717, 1.165) is 12.8 Å². The van der Waals surface area contributed by atoms with E-state index in [9.17, 15) is 19.5 Å². The number of carbonyl (C=O) groups excluding carboxylic acids is 2. The van der Waals surface area contributed by atoms with Crippen LogP contribution in [-0.4, -0.2) is 55.5 Å². The van der Waals surface area contributed by atoms with Crippen LogP contribution in [0.5, 0.6) is 0 Å². The van der Waals surface area contributed by atoms with Gasteiger partial charge in [0.1, 0.15) is 5.60 Å². The number of ketones is 1. The number of hydrogen-bond acceptors (Lipinski definition) is 5. The molecule has 0 unspecified atom stereocenters. The van der Waals surface area contributed by atoms with E-state index in [1.165, 1.54) is 4.90 Å². The van der Waals surface area contributed by atoms with Gasteiger partial charge in [0.05, 0.1) is 0 Å². The topological polar surface area (TPSA) is 105 Å². The van der Waals surface area contributed by atoms with Crippen LogP contribution in [0.1, 0.15) is 56.8 Å². The molecule has 0 fully saturated rings. The Labute approximate surface area is 172 Å². The molecule has 0 heterocycles. The number of rotatable bonds is 11. The molecule has 0 atom stereocenters. The number of alkyl carbamates (subject to hydrolysis) is 1. The van der Waals surface area contributed by atoms with Gasteiger partial charge in [0.2, 0.25) is 0 Å². The molecular weight excluding hydrogens is 376 g/mol. The van der Waals surface area contributed by atoms with Crippen LogP contribution in [0.4, 0.5) is 15.3 Å². The largest absolute Gasteiger partial charge is 0.465 e. The predicted molar refractivity (Wildman–Crippen MR) is 111 cm³/mol. The van der Waals surface area contributed by atoms with Crippen molar-refractivity contribution in [3.8, 4) is 0 Å². The molecule has 29 heavy (non-hydrogen) atoms. The summed E-state index contributed by atoms with van der Waals surface area (Å²) in [5, 5.41) is 12.1. The molecule has 1 aromatic rings. The number of anilines is 1. The van der Waals surface area contributed by atoms with E-state index in [1.54, 1.807) is 52.1 Å².